The number of carbonyl (C=O) groups is 2. The SMILES string of the molecule is NC(=O)c1ccc(Oc2ccc(CCNC3NC(=O)c4ccccc43)cc2)nc1. The van der Waals surface area contributed by atoms with Gasteiger partial charge in [-0.2, -0.15) is 0 Å². The zero-order valence-electron chi connectivity index (χ0n) is 15.6. The first-order valence-electron chi connectivity index (χ1n) is 9.26. The lowest BCUT2D eigenvalue weighted by Gasteiger charge is -2.14. The molecule has 0 fully saturated rings. The van der Waals surface area contributed by atoms with Crippen LogP contribution >= 0.6 is 0 Å². The number of benzene rings is 2. The van der Waals surface area contributed by atoms with Gasteiger partial charge in [0, 0.05) is 29.9 Å². The molecule has 0 spiro atoms. The summed E-state index contributed by atoms with van der Waals surface area (Å²) in [5.41, 5.74) is 8.38. The Morgan fingerprint density at radius 2 is 1.90 bits per heavy atom. The molecule has 1 atom stereocenters. The molecule has 0 saturated heterocycles. The predicted molar refractivity (Wildman–Crippen MR) is 108 cm³/mol. The Morgan fingerprint density at radius 3 is 2.62 bits per heavy atom. The predicted octanol–water partition coefficient (Wildman–Crippen LogP) is 2.55. The first-order valence-corrected chi connectivity index (χ1v) is 9.26. The van der Waals surface area contributed by atoms with Crippen molar-refractivity contribution in [3.05, 3.63) is 89.1 Å². The Labute approximate surface area is 167 Å². The number of nitrogens with one attached hydrogen (secondary N) is 2. The van der Waals surface area contributed by atoms with E-state index in [2.05, 4.69) is 15.6 Å². The van der Waals surface area contributed by atoms with Crippen molar-refractivity contribution in [1.82, 2.24) is 15.6 Å². The van der Waals surface area contributed by atoms with Gasteiger partial charge in [0.1, 0.15) is 11.9 Å². The first-order chi connectivity index (χ1) is 14.1. The third-order valence-electron chi connectivity index (χ3n) is 4.72. The van der Waals surface area contributed by atoms with E-state index in [1.807, 2.05) is 48.5 Å². The average molecular weight is 388 g/mol. The van der Waals surface area contributed by atoms with Gasteiger partial charge in [0.25, 0.3) is 5.91 Å². The van der Waals surface area contributed by atoms with Crippen molar-refractivity contribution in [2.45, 2.75) is 12.6 Å². The number of hydrogen-bond acceptors (Lipinski definition) is 5. The highest BCUT2D eigenvalue weighted by Crippen LogP contribution is 2.23. The normalized spacial score (nSPS) is 14.9. The van der Waals surface area contributed by atoms with Crippen LogP contribution < -0.4 is 21.1 Å². The van der Waals surface area contributed by atoms with Crippen molar-refractivity contribution in [3.63, 3.8) is 0 Å². The van der Waals surface area contributed by atoms with Crippen LogP contribution in [0.3, 0.4) is 0 Å². The van der Waals surface area contributed by atoms with Gasteiger partial charge in [-0.25, -0.2) is 4.98 Å². The van der Waals surface area contributed by atoms with Crippen molar-refractivity contribution in [2.75, 3.05) is 6.54 Å². The van der Waals surface area contributed by atoms with Crippen LogP contribution in [0.15, 0.2) is 66.9 Å². The molecular weight excluding hydrogens is 368 g/mol. The highest BCUT2D eigenvalue weighted by atomic mass is 16.5. The van der Waals surface area contributed by atoms with E-state index in [-0.39, 0.29) is 12.1 Å². The van der Waals surface area contributed by atoms with Crippen LogP contribution in [-0.2, 0) is 6.42 Å². The summed E-state index contributed by atoms with van der Waals surface area (Å²) in [6, 6.07) is 18.5. The second-order valence-corrected chi connectivity index (χ2v) is 6.69. The highest BCUT2D eigenvalue weighted by Gasteiger charge is 2.27. The summed E-state index contributed by atoms with van der Waals surface area (Å²) in [5, 5.41) is 6.32. The monoisotopic (exact) mass is 388 g/mol. The van der Waals surface area contributed by atoms with E-state index in [0.29, 0.717) is 17.2 Å². The number of nitrogens with two attached hydrogens (primary N) is 1. The molecule has 0 saturated carbocycles. The molecule has 0 aliphatic carbocycles. The number of hydrogen-bond donors (Lipinski definition) is 3. The summed E-state index contributed by atoms with van der Waals surface area (Å²) >= 11 is 0. The summed E-state index contributed by atoms with van der Waals surface area (Å²) in [6.07, 6.45) is 2.04. The fourth-order valence-corrected chi connectivity index (χ4v) is 3.20. The van der Waals surface area contributed by atoms with Crippen LogP contribution in [0.4, 0.5) is 0 Å². The summed E-state index contributed by atoms with van der Waals surface area (Å²) in [6.45, 7) is 0.718. The fraction of sp³-hybridized carbons (Fsp3) is 0.136. The molecule has 1 unspecified atom stereocenters. The summed E-state index contributed by atoms with van der Waals surface area (Å²) in [7, 11) is 0. The Hall–Kier alpha value is -3.71. The molecule has 0 radical (unpaired) electrons. The van der Waals surface area contributed by atoms with Crippen LogP contribution in [0.25, 0.3) is 0 Å². The molecule has 1 aliphatic heterocycles. The summed E-state index contributed by atoms with van der Waals surface area (Å²) in [4.78, 5) is 27.1. The Balaban J connectivity index is 1.30. The third kappa shape index (κ3) is 4.25. The number of pyridine rings is 1. The molecule has 2 heterocycles. The minimum atomic E-state index is -0.525. The number of carbonyl (C=O) groups excluding carboxylic acids is 2. The minimum Gasteiger partial charge on any atom is -0.439 e. The van der Waals surface area contributed by atoms with Gasteiger partial charge in [-0.05, 0) is 36.2 Å². The largest absolute Gasteiger partial charge is 0.439 e. The highest BCUT2D eigenvalue weighted by molar-refractivity contribution is 5.99. The number of primary amides is 1. The van der Waals surface area contributed by atoms with Gasteiger partial charge in [0.15, 0.2) is 0 Å². The van der Waals surface area contributed by atoms with E-state index < -0.39 is 5.91 Å². The van der Waals surface area contributed by atoms with E-state index >= 15 is 0 Å². The van der Waals surface area contributed by atoms with E-state index in [0.717, 1.165) is 29.7 Å². The van der Waals surface area contributed by atoms with Crippen LogP contribution in [-0.4, -0.2) is 23.3 Å². The molecule has 2 aromatic carbocycles. The van der Waals surface area contributed by atoms with Gasteiger partial charge >= 0.3 is 0 Å². The maximum absolute atomic E-state index is 12.0. The molecule has 1 aliphatic rings. The maximum Gasteiger partial charge on any atom is 0.253 e. The van der Waals surface area contributed by atoms with Crippen LogP contribution in [0.1, 0.15) is 38.0 Å². The molecule has 2 amide bonds. The lowest BCUT2D eigenvalue weighted by Crippen LogP contribution is -2.32. The van der Waals surface area contributed by atoms with Crippen molar-refractivity contribution < 1.29 is 14.3 Å². The number of rotatable bonds is 7. The van der Waals surface area contributed by atoms with Gasteiger partial charge in [-0.15, -0.1) is 0 Å². The van der Waals surface area contributed by atoms with Gasteiger partial charge < -0.3 is 15.8 Å². The molecule has 7 heteroatoms. The molecular formula is C22H20N4O3. The van der Waals surface area contributed by atoms with Crippen molar-refractivity contribution in [1.29, 1.82) is 0 Å². The fourth-order valence-electron chi connectivity index (χ4n) is 3.20. The Morgan fingerprint density at radius 1 is 1.10 bits per heavy atom. The van der Waals surface area contributed by atoms with Crippen LogP contribution in [0, 0.1) is 0 Å². The van der Waals surface area contributed by atoms with Crippen molar-refractivity contribution in [2.24, 2.45) is 5.73 Å². The third-order valence-corrected chi connectivity index (χ3v) is 4.72. The molecule has 146 valence electrons. The van der Waals surface area contributed by atoms with Crippen LogP contribution in [0.5, 0.6) is 11.6 Å². The summed E-state index contributed by atoms with van der Waals surface area (Å²) in [5.74, 6) is 0.470. The number of aromatic nitrogens is 1. The minimum absolute atomic E-state index is 0.0444. The molecule has 1 aromatic heterocycles. The van der Waals surface area contributed by atoms with Gasteiger partial charge in [-0.3, -0.25) is 14.9 Å². The van der Waals surface area contributed by atoms with Crippen LogP contribution in [0.2, 0.25) is 0 Å². The topological polar surface area (TPSA) is 106 Å². The second-order valence-electron chi connectivity index (χ2n) is 6.69. The number of fused-ring (bicyclic) bond motifs is 1. The zero-order chi connectivity index (χ0) is 20.2. The lowest BCUT2D eigenvalue weighted by atomic mass is 10.1. The van der Waals surface area contributed by atoms with Gasteiger partial charge in [-0.1, -0.05) is 30.3 Å². The standard InChI is InChI=1S/C22H20N4O3/c23-20(27)15-7-10-19(25-13-15)29-16-8-5-14(6-9-16)11-12-24-21-17-3-1-2-4-18(17)22(28)26-21/h1-10,13,21,24H,11-12H2,(H2,23,27)(H,26,28). The molecule has 4 N–H and O–H groups in total. The maximum atomic E-state index is 12.0. The number of amides is 2. The van der Waals surface area contributed by atoms with E-state index in [4.69, 9.17) is 10.5 Å². The van der Waals surface area contributed by atoms with E-state index in [9.17, 15) is 9.59 Å². The van der Waals surface area contributed by atoms with E-state index in [1.54, 1.807) is 12.1 Å². The van der Waals surface area contributed by atoms with Crippen molar-refractivity contribution >= 4 is 11.8 Å². The molecule has 3 aromatic rings. The Bertz CT molecular complexity index is 1030. The number of nitrogens with zero attached hydrogens (tertiary/aromatic N) is 1. The average Bonchev–Trinajstić information content (AvgIpc) is 3.06. The quantitative estimate of drug-likeness (QED) is 0.577. The van der Waals surface area contributed by atoms with E-state index in [1.165, 1.54) is 6.20 Å². The Kier molecular flexibility index (Phi) is 5.22. The second kappa shape index (κ2) is 8.12. The lowest BCUT2D eigenvalue weighted by molar-refractivity contribution is 0.0950. The number of ether oxygens (including phenoxy) is 1. The molecule has 7 nitrogen and oxygen atoms in total. The molecule has 4 rings (SSSR count). The first kappa shape index (κ1) is 18.6. The molecule has 29 heavy (non-hydrogen) atoms. The van der Waals surface area contributed by atoms with Gasteiger partial charge in [0.2, 0.25) is 11.8 Å². The smallest absolute Gasteiger partial charge is 0.253 e. The van der Waals surface area contributed by atoms with Gasteiger partial charge in [0.05, 0.1) is 5.56 Å². The van der Waals surface area contributed by atoms with Crippen molar-refractivity contribution in [3.8, 4) is 11.6 Å². The molecule has 0 bridgehead atoms. The zero-order valence-corrected chi connectivity index (χ0v) is 15.6. The summed E-state index contributed by atoms with van der Waals surface area (Å²) < 4.78 is 5.68.